The topological polar surface area (TPSA) is 9.23 Å². The normalized spacial score (nSPS) is 15.2. The summed E-state index contributed by atoms with van der Waals surface area (Å²) in [4.78, 5) is 0. The molecule has 5 rings (SSSR count). The zero-order valence-electron chi connectivity index (χ0n) is 23.4. The summed E-state index contributed by atoms with van der Waals surface area (Å²) in [5.41, 5.74) is -0.508. The molecule has 1 aliphatic rings. The summed E-state index contributed by atoms with van der Waals surface area (Å²) < 4.78 is 88.9. The van der Waals surface area contributed by atoms with Gasteiger partial charge in [0.2, 0.25) is 0 Å². The van der Waals surface area contributed by atoms with Crippen LogP contribution in [0.5, 0.6) is 5.75 Å². The van der Waals surface area contributed by atoms with Gasteiger partial charge in [-0.3, -0.25) is 0 Å². The molecule has 0 amide bonds. The molecule has 1 nitrogen and oxygen atoms in total. The Hall–Kier alpha value is -2.88. The molecule has 0 saturated carbocycles. The molecule has 0 saturated heterocycles. The van der Waals surface area contributed by atoms with Crippen LogP contribution in [0.3, 0.4) is 0 Å². The number of halogens is 6. The van der Waals surface area contributed by atoms with Crippen LogP contribution in [-0.2, 0) is 24.9 Å². The lowest BCUT2D eigenvalue weighted by molar-refractivity contribution is -0.142. The van der Waals surface area contributed by atoms with E-state index in [0.717, 1.165) is 51.3 Å². The standard InChI is InChI=1S/C33H30F6OP2/c1-31(2,3)41(27-19-24(32(34,35)36)18-25(20-27)33(37,38)39)21-23-10-7-8-14-28(23)42(26-12-5-4-6-13-26)29-15-9-11-22-16-17-40-30(22)29/h4-15,18-20H,16-17,21H2,1-3H3. The first-order valence-corrected chi connectivity index (χ1v) is 16.4. The molecule has 9 heteroatoms. The van der Waals surface area contributed by atoms with Crippen molar-refractivity contribution in [1.82, 2.24) is 0 Å². The van der Waals surface area contributed by atoms with E-state index in [1.54, 1.807) is 0 Å². The van der Waals surface area contributed by atoms with Crippen LogP contribution in [0.4, 0.5) is 26.3 Å². The van der Waals surface area contributed by atoms with Crippen LogP contribution in [0, 0.1) is 0 Å². The zero-order valence-corrected chi connectivity index (χ0v) is 25.1. The third-order valence-corrected chi connectivity index (χ3v) is 12.9. The van der Waals surface area contributed by atoms with E-state index in [-0.39, 0.29) is 11.4 Å². The van der Waals surface area contributed by atoms with Crippen LogP contribution in [0.25, 0.3) is 0 Å². The maximum atomic E-state index is 13.8. The number of alkyl halides is 6. The first kappa shape index (κ1) is 30.6. The molecule has 220 valence electrons. The molecule has 0 fully saturated rings. The van der Waals surface area contributed by atoms with E-state index in [2.05, 4.69) is 24.3 Å². The Kier molecular flexibility index (Phi) is 8.49. The predicted molar refractivity (Wildman–Crippen MR) is 161 cm³/mol. The second kappa shape index (κ2) is 11.7. The quantitative estimate of drug-likeness (QED) is 0.156. The van der Waals surface area contributed by atoms with Crippen LogP contribution >= 0.6 is 15.8 Å². The van der Waals surface area contributed by atoms with E-state index in [4.69, 9.17) is 4.74 Å². The minimum atomic E-state index is -4.90. The van der Waals surface area contributed by atoms with Crippen molar-refractivity contribution in [3.8, 4) is 5.75 Å². The number of rotatable bonds is 6. The molecule has 0 aromatic heterocycles. The fourth-order valence-electron chi connectivity index (χ4n) is 5.20. The highest BCUT2D eigenvalue weighted by Crippen LogP contribution is 2.53. The maximum Gasteiger partial charge on any atom is 0.416 e. The van der Waals surface area contributed by atoms with E-state index in [1.165, 1.54) is 0 Å². The van der Waals surface area contributed by atoms with Crippen LogP contribution in [-0.4, -0.2) is 11.8 Å². The number of hydrogen-bond donors (Lipinski definition) is 0. The van der Waals surface area contributed by atoms with Crippen LogP contribution in [0.1, 0.15) is 43.0 Å². The molecule has 1 aliphatic heterocycles. The van der Waals surface area contributed by atoms with Crippen molar-refractivity contribution in [2.24, 2.45) is 0 Å². The summed E-state index contributed by atoms with van der Waals surface area (Å²) in [5.74, 6) is 0.869. The van der Waals surface area contributed by atoms with Gasteiger partial charge in [0.25, 0.3) is 0 Å². The Labute approximate surface area is 244 Å². The van der Waals surface area contributed by atoms with Gasteiger partial charge in [-0.15, -0.1) is 0 Å². The largest absolute Gasteiger partial charge is 0.492 e. The Balaban J connectivity index is 1.67. The summed E-state index contributed by atoms with van der Waals surface area (Å²) in [6.07, 6.45) is -8.66. The molecule has 2 atom stereocenters. The smallest absolute Gasteiger partial charge is 0.416 e. The maximum absolute atomic E-state index is 13.8. The number of benzene rings is 4. The first-order valence-electron chi connectivity index (χ1n) is 13.5. The molecule has 0 N–H and O–H groups in total. The Morgan fingerprint density at radius 3 is 1.88 bits per heavy atom. The fraction of sp³-hybridized carbons (Fsp3) is 0.273. The molecule has 0 radical (unpaired) electrons. The molecule has 2 unspecified atom stereocenters. The molecule has 0 aliphatic carbocycles. The van der Waals surface area contributed by atoms with Gasteiger partial charge in [0, 0.05) is 11.7 Å². The SMILES string of the molecule is CC(C)(C)P(Cc1ccccc1P(c1ccccc1)c1cccc2c1OCC2)c1cc(C(F)(F)F)cc(C(F)(F)F)c1. The Morgan fingerprint density at radius 2 is 1.26 bits per heavy atom. The van der Waals surface area contributed by atoms with Gasteiger partial charge in [-0.25, -0.2) is 0 Å². The van der Waals surface area contributed by atoms with Crippen LogP contribution in [0.15, 0.2) is 91.0 Å². The van der Waals surface area contributed by atoms with E-state index in [0.29, 0.717) is 12.8 Å². The fourth-order valence-corrected chi connectivity index (χ4v) is 10.6. The number of para-hydroxylation sites is 1. The second-order valence-corrected chi connectivity index (χ2v) is 16.4. The number of ether oxygens (including phenoxy) is 1. The molecule has 0 bridgehead atoms. The minimum Gasteiger partial charge on any atom is -0.492 e. The van der Waals surface area contributed by atoms with E-state index < -0.39 is 44.5 Å². The molecule has 4 aromatic carbocycles. The van der Waals surface area contributed by atoms with Crippen molar-refractivity contribution >= 4 is 37.1 Å². The molecular formula is C33H30F6OP2. The first-order chi connectivity index (χ1) is 19.7. The van der Waals surface area contributed by atoms with Crippen molar-refractivity contribution in [2.45, 2.75) is 50.9 Å². The minimum absolute atomic E-state index is 0.0856. The van der Waals surface area contributed by atoms with Gasteiger partial charge in [-0.2, -0.15) is 26.3 Å². The van der Waals surface area contributed by atoms with Crippen molar-refractivity contribution in [3.05, 3.63) is 113 Å². The number of fused-ring (bicyclic) bond motifs is 1. The van der Waals surface area contributed by atoms with E-state index in [1.807, 2.05) is 69.3 Å². The average molecular weight is 619 g/mol. The van der Waals surface area contributed by atoms with E-state index >= 15 is 0 Å². The summed E-state index contributed by atoms with van der Waals surface area (Å²) in [5, 5.41) is 2.66. The van der Waals surface area contributed by atoms with Gasteiger partial charge in [0.15, 0.2) is 0 Å². The molecule has 4 aromatic rings. The van der Waals surface area contributed by atoms with Gasteiger partial charge < -0.3 is 4.74 Å². The summed E-state index contributed by atoms with van der Waals surface area (Å²) in [6.45, 7) is 6.24. The highest BCUT2D eigenvalue weighted by atomic mass is 31.1. The van der Waals surface area contributed by atoms with Crippen LogP contribution in [0.2, 0.25) is 0 Å². The number of hydrogen-bond acceptors (Lipinski definition) is 1. The highest BCUT2D eigenvalue weighted by Gasteiger charge is 2.39. The Bertz CT molecular complexity index is 1530. The average Bonchev–Trinajstić information content (AvgIpc) is 3.41. The zero-order chi connectivity index (χ0) is 30.3. The third-order valence-electron chi connectivity index (χ3n) is 7.20. The lowest BCUT2D eigenvalue weighted by atomic mass is 10.1. The van der Waals surface area contributed by atoms with Gasteiger partial charge in [0.05, 0.1) is 17.7 Å². The van der Waals surface area contributed by atoms with Gasteiger partial charge in [0.1, 0.15) is 5.75 Å². The molecule has 0 spiro atoms. The van der Waals surface area contributed by atoms with Crippen LogP contribution < -0.4 is 26.0 Å². The summed E-state index contributed by atoms with van der Waals surface area (Å²) in [7, 11) is -2.63. The monoisotopic (exact) mass is 618 g/mol. The van der Waals surface area contributed by atoms with Crippen molar-refractivity contribution in [3.63, 3.8) is 0 Å². The van der Waals surface area contributed by atoms with Gasteiger partial charge in [-0.05, 0) is 64.5 Å². The molecule has 1 heterocycles. The van der Waals surface area contributed by atoms with Crippen molar-refractivity contribution in [2.75, 3.05) is 6.61 Å². The lowest BCUT2D eigenvalue weighted by Crippen LogP contribution is -2.27. The summed E-state index contributed by atoms with van der Waals surface area (Å²) >= 11 is 0. The predicted octanol–water partition coefficient (Wildman–Crippen LogP) is 8.52. The molecule has 42 heavy (non-hydrogen) atoms. The third kappa shape index (κ3) is 6.53. The highest BCUT2D eigenvalue weighted by molar-refractivity contribution is 7.80. The van der Waals surface area contributed by atoms with Gasteiger partial charge in [-0.1, -0.05) is 101 Å². The lowest BCUT2D eigenvalue weighted by Gasteiger charge is -2.34. The second-order valence-electron chi connectivity index (χ2n) is 11.2. The van der Waals surface area contributed by atoms with Crippen molar-refractivity contribution < 1.29 is 31.1 Å². The molecular weight excluding hydrogens is 588 g/mol. The van der Waals surface area contributed by atoms with Gasteiger partial charge >= 0.3 is 12.4 Å². The van der Waals surface area contributed by atoms with E-state index in [9.17, 15) is 26.3 Å². The Morgan fingerprint density at radius 1 is 0.667 bits per heavy atom. The summed E-state index contributed by atoms with van der Waals surface area (Å²) in [6, 6.07) is 26.0. The van der Waals surface area contributed by atoms with Crippen molar-refractivity contribution in [1.29, 1.82) is 0 Å².